The minimum Gasteiger partial charge on any atom is -0.497 e. The number of nitrogens with one attached hydrogen (secondary N) is 2. The quantitative estimate of drug-likeness (QED) is 0.638. The minimum atomic E-state index is -0.841. The lowest BCUT2D eigenvalue weighted by atomic mass is 9.77. The van der Waals surface area contributed by atoms with Gasteiger partial charge in [0.05, 0.1) is 38.7 Å². The van der Waals surface area contributed by atoms with Gasteiger partial charge in [0, 0.05) is 42.2 Å². The van der Waals surface area contributed by atoms with Crippen LogP contribution in [0.4, 0.5) is 17.1 Å². The van der Waals surface area contributed by atoms with Gasteiger partial charge in [0.25, 0.3) is 0 Å². The van der Waals surface area contributed by atoms with E-state index in [2.05, 4.69) is 10.6 Å². The minimum absolute atomic E-state index is 0.164. The van der Waals surface area contributed by atoms with Crippen LogP contribution in [0.25, 0.3) is 0 Å². The van der Waals surface area contributed by atoms with Crippen LogP contribution in [-0.2, 0) is 19.1 Å². The summed E-state index contributed by atoms with van der Waals surface area (Å²) in [5.74, 6) is -0.850. The van der Waals surface area contributed by atoms with Crippen LogP contribution in [0.3, 0.4) is 0 Å². The molecular formula is C25H25N3O6. The molecule has 2 bridgehead atoms. The van der Waals surface area contributed by atoms with E-state index in [-0.39, 0.29) is 17.7 Å². The Bertz CT molecular complexity index is 1170. The van der Waals surface area contributed by atoms with Gasteiger partial charge in [-0.3, -0.25) is 14.4 Å². The monoisotopic (exact) mass is 463 g/mol. The third kappa shape index (κ3) is 3.58. The first-order valence-corrected chi connectivity index (χ1v) is 10.9. The Morgan fingerprint density at radius 1 is 1.03 bits per heavy atom. The van der Waals surface area contributed by atoms with Crippen LogP contribution in [0.2, 0.25) is 0 Å². The van der Waals surface area contributed by atoms with Crippen LogP contribution in [-0.4, -0.2) is 50.2 Å². The van der Waals surface area contributed by atoms with Crippen molar-refractivity contribution < 1.29 is 28.6 Å². The van der Waals surface area contributed by atoms with E-state index in [0.717, 1.165) is 0 Å². The summed E-state index contributed by atoms with van der Waals surface area (Å²) >= 11 is 0. The third-order valence-electron chi connectivity index (χ3n) is 6.52. The molecule has 3 aliphatic rings. The van der Waals surface area contributed by atoms with Gasteiger partial charge in [0.1, 0.15) is 17.1 Å². The van der Waals surface area contributed by atoms with Gasteiger partial charge in [0.15, 0.2) is 0 Å². The molecule has 3 amide bonds. The summed E-state index contributed by atoms with van der Waals surface area (Å²) in [6.07, 6.45) is 3.30. The van der Waals surface area contributed by atoms with Crippen molar-refractivity contribution in [3.05, 3.63) is 54.6 Å². The second kappa shape index (κ2) is 8.18. The molecule has 0 radical (unpaired) electrons. The summed E-state index contributed by atoms with van der Waals surface area (Å²) in [5, 5.41) is 5.62. The average molecular weight is 463 g/mol. The van der Waals surface area contributed by atoms with Gasteiger partial charge in [0.2, 0.25) is 17.7 Å². The molecule has 9 heteroatoms. The zero-order valence-corrected chi connectivity index (χ0v) is 19.0. The van der Waals surface area contributed by atoms with Crippen LogP contribution in [0, 0.1) is 11.8 Å². The number of rotatable bonds is 6. The molecule has 34 heavy (non-hydrogen) atoms. The first-order chi connectivity index (χ1) is 16.3. The number of nitrogens with zero attached hydrogens (tertiary/aromatic N) is 1. The van der Waals surface area contributed by atoms with Gasteiger partial charge >= 0.3 is 0 Å². The topological polar surface area (TPSA) is 106 Å². The van der Waals surface area contributed by atoms with Crippen LogP contribution >= 0.6 is 0 Å². The first-order valence-electron chi connectivity index (χ1n) is 10.9. The SMILES string of the molecule is COc1cc(NC(=O)[C@@H]2[C@H]3C(=O)N(c4ccc(NC(C)=O)cc4)C[C@@]34C=C[C@H]2O4)cc(OC)c1. The van der Waals surface area contributed by atoms with E-state index in [1.807, 2.05) is 12.2 Å². The maximum absolute atomic E-state index is 13.5. The number of anilines is 3. The Kier molecular flexibility index (Phi) is 5.28. The van der Waals surface area contributed by atoms with E-state index >= 15 is 0 Å². The molecule has 0 aromatic heterocycles. The maximum atomic E-state index is 13.5. The summed E-state index contributed by atoms with van der Waals surface area (Å²) in [4.78, 5) is 39.8. The molecule has 3 aliphatic heterocycles. The average Bonchev–Trinajstić information content (AvgIpc) is 3.47. The Morgan fingerprint density at radius 3 is 2.32 bits per heavy atom. The summed E-state index contributed by atoms with van der Waals surface area (Å²) in [6, 6.07) is 12.1. The lowest BCUT2D eigenvalue weighted by molar-refractivity contribution is -0.128. The van der Waals surface area contributed by atoms with E-state index < -0.39 is 23.5 Å². The molecule has 2 N–H and O–H groups in total. The fourth-order valence-electron chi connectivity index (χ4n) is 5.05. The number of fused-ring (bicyclic) bond motifs is 1. The second-order valence-corrected chi connectivity index (χ2v) is 8.64. The Hall–Kier alpha value is -3.85. The van der Waals surface area contributed by atoms with Gasteiger partial charge in [-0.05, 0) is 24.3 Å². The highest BCUT2D eigenvalue weighted by Gasteiger charge is 2.67. The molecule has 2 aromatic carbocycles. The van der Waals surface area contributed by atoms with Gasteiger partial charge in [-0.15, -0.1) is 0 Å². The number of hydrogen-bond acceptors (Lipinski definition) is 6. The fourth-order valence-corrected chi connectivity index (χ4v) is 5.05. The molecule has 2 fully saturated rings. The number of amides is 3. The molecule has 2 saturated heterocycles. The normalized spacial score (nSPS) is 26.4. The highest BCUT2D eigenvalue weighted by Crippen LogP contribution is 2.53. The van der Waals surface area contributed by atoms with E-state index in [1.54, 1.807) is 47.4 Å². The van der Waals surface area contributed by atoms with Crippen LogP contribution in [0.5, 0.6) is 11.5 Å². The van der Waals surface area contributed by atoms with E-state index in [4.69, 9.17) is 14.2 Å². The molecule has 176 valence electrons. The summed E-state index contributed by atoms with van der Waals surface area (Å²) in [7, 11) is 3.07. The Labute approximate surface area is 196 Å². The standard InChI is InChI=1S/C25H25N3O6/c1-14(29)26-15-4-6-17(7-5-15)28-13-25-9-8-20(34-25)21(22(25)24(28)31)23(30)27-16-10-18(32-2)12-19(11-16)33-3/h4-12,20-22H,13H2,1-3H3,(H,26,29)(H,27,30)/t20-,21+,22+,25+/m1/s1. The molecule has 1 spiro atoms. The van der Waals surface area contributed by atoms with Crippen molar-refractivity contribution in [3.8, 4) is 11.5 Å². The lowest BCUT2D eigenvalue weighted by Gasteiger charge is -2.23. The van der Waals surface area contributed by atoms with Crippen molar-refractivity contribution in [2.45, 2.75) is 18.6 Å². The van der Waals surface area contributed by atoms with E-state index in [0.29, 0.717) is 35.1 Å². The van der Waals surface area contributed by atoms with Crippen molar-refractivity contribution in [1.29, 1.82) is 0 Å². The molecular weight excluding hydrogens is 438 g/mol. The lowest BCUT2D eigenvalue weighted by Crippen LogP contribution is -2.41. The molecule has 0 unspecified atom stereocenters. The molecule has 2 aromatic rings. The van der Waals surface area contributed by atoms with Gasteiger partial charge < -0.3 is 29.7 Å². The highest BCUT2D eigenvalue weighted by atomic mass is 16.5. The molecule has 0 aliphatic carbocycles. The van der Waals surface area contributed by atoms with Crippen LogP contribution in [0.15, 0.2) is 54.6 Å². The van der Waals surface area contributed by atoms with Crippen LogP contribution in [0.1, 0.15) is 6.92 Å². The van der Waals surface area contributed by atoms with Gasteiger partial charge in [-0.25, -0.2) is 0 Å². The van der Waals surface area contributed by atoms with Crippen molar-refractivity contribution in [2.24, 2.45) is 11.8 Å². The largest absolute Gasteiger partial charge is 0.497 e. The predicted octanol–water partition coefficient (Wildman–Crippen LogP) is 2.59. The van der Waals surface area contributed by atoms with Crippen molar-refractivity contribution in [3.63, 3.8) is 0 Å². The van der Waals surface area contributed by atoms with Crippen molar-refractivity contribution >= 4 is 34.8 Å². The zero-order chi connectivity index (χ0) is 24.0. The number of benzene rings is 2. The number of ether oxygens (including phenoxy) is 3. The number of carbonyl (C=O) groups is 3. The maximum Gasteiger partial charge on any atom is 0.234 e. The van der Waals surface area contributed by atoms with Crippen molar-refractivity contribution in [1.82, 2.24) is 0 Å². The molecule has 5 rings (SSSR count). The molecule has 4 atom stereocenters. The van der Waals surface area contributed by atoms with Gasteiger partial charge in [-0.2, -0.15) is 0 Å². The summed E-state index contributed by atoms with van der Waals surface area (Å²) in [5.41, 5.74) is 0.994. The molecule has 0 saturated carbocycles. The number of hydrogen-bond donors (Lipinski definition) is 2. The summed E-state index contributed by atoms with van der Waals surface area (Å²) < 4.78 is 16.8. The fraction of sp³-hybridized carbons (Fsp3) is 0.320. The highest BCUT2D eigenvalue weighted by molar-refractivity contribution is 6.05. The zero-order valence-electron chi connectivity index (χ0n) is 19.0. The second-order valence-electron chi connectivity index (χ2n) is 8.64. The number of carbonyl (C=O) groups excluding carboxylic acids is 3. The van der Waals surface area contributed by atoms with E-state index in [9.17, 15) is 14.4 Å². The van der Waals surface area contributed by atoms with Crippen molar-refractivity contribution in [2.75, 3.05) is 36.3 Å². The number of methoxy groups -OCH3 is 2. The first kappa shape index (κ1) is 22.0. The predicted molar refractivity (Wildman–Crippen MR) is 125 cm³/mol. The molecule has 3 heterocycles. The molecule has 9 nitrogen and oxygen atoms in total. The third-order valence-corrected chi connectivity index (χ3v) is 6.52. The Balaban J connectivity index is 1.38. The van der Waals surface area contributed by atoms with Gasteiger partial charge in [-0.1, -0.05) is 12.2 Å². The van der Waals surface area contributed by atoms with E-state index in [1.165, 1.54) is 21.1 Å². The smallest absolute Gasteiger partial charge is 0.234 e. The van der Waals surface area contributed by atoms with Crippen LogP contribution < -0.4 is 25.0 Å². The Morgan fingerprint density at radius 2 is 1.71 bits per heavy atom. The summed E-state index contributed by atoms with van der Waals surface area (Å²) in [6.45, 7) is 1.75.